The van der Waals surface area contributed by atoms with Crippen molar-refractivity contribution in [2.75, 3.05) is 5.75 Å². The highest BCUT2D eigenvalue weighted by Crippen LogP contribution is 2.29. The van der Waals surface area contributed by atoms with Crippen molar-refractivity contribution < 1.29 is 0 Å². The quantitative estimate of drug-likeness (QED) is 0.832. The number of rotatable bonds is 2. The van der Waals surface area contributed by atoms with E-state index in [9.17, 15) is 0 Å². The molecule has 2 heterocycles. The number of benzene rings is 1. The second kappa shape index (κ2) is 4.67. The summed E-state index contributed by atoms with van der Waals surface area (Å²) in [6, 6.07) is 5.90. The van der Waals surface area contributed by atoms with Gasteiger partial charge in [-0.3, -0.25) is 0 Å². The van der Waals surface area contributed by atoms with Gasteiger partial charge >= 0.3 is 0 Å². The number of aromatic nitrogens is 2. The lowest BCUT2D eigenvalue weighted by Gasteiger charge is -2.10. The smallest absolute Gasteiger partial charge is 0.178 e. The molecular weight excluding hydrogens is 272 g/mol. The Morgan fingerprint density at radius 3 is 3.18 bits per heavy atom. The Balaban J connectivity index is 2.02. The first-order valence-corrected chi connectivity index (χ1v) is 7.57. The van der Waals surface area contributed by atoms with Crippen LogP contribution in [0.4, 0.5) is 0 Å². The van der Waals surface area contributed by atoms with Crippen LogP contribution in [0, 0.1) is 4.77 Å². The maximum absolute atomic E-state index is 5.98. The Morgan fingerprint density at radius 1 is 1.53 bits per heavy atom. The summed E-state index contributed by atoms with van der Waals surface area (Å²) in [7, 11) is 0. The van der Waals surface area contributed by atoms with Gasteiger partial charge in [-0.2, -0.15) is 11.8 Å². The van der Waals surface area contributed by atoms with Crippen LogP contribution in [0.1, 0.15) is 12.8 Å². The van der Waals surface area contributed by atoms with Gasteiger partial charge in [0.25, 0.3) is 0 Å². The van der Waals surface area contributed by atoms with E-state index in [0.717, 1.165) is 27.4 Å². The van der Waals surface area contributed by atoms with E-state index in [1.54, 1.807) is 0 Å². The molecule has 1 aliphatic heterocycles. The van der Waals surface area contributed by atoms with Crippen molar-refractivity contribution in [1.82, 2.24) is 9.55 Å². The molecule has 3 rings (SSSR count). The van der Waals surface area contributed by atoms with Crippen LogP contribution in [0.2, 0.25) is 5.02 Å². The van der Waals surface area contributed by atoms with Crippen molar-refractivity contribution in [2.24, 2.45) is 0 Å². The molecule has 1 fully saturated rings. The van der Waals surface area contributed by atoms with E-state index in [-0.39, 0.29) is 0 Å². The van der Waals surface area contributed by atoms with E-state index in [2.05, 4.69) is 21.3 Å². The third-order valence-electron chi connectivity index (χ3n) is 3.15. The maximum atomic E-state index is 5.98. The van der Waals surface area contributed by atoms with Crippen LogP contribution >= 0.6 is 35.6 Å². The van der Waals surface area contributed by atoms with Crippen LogP contribution in [0.15, 0.2) is 18.2 Å². The molecule has 2 nitrogen and oxygen atoms in total. The van der Waals surface area contributed by atoms with Crippen LogP contribution in [0.3, 0.4) is 0 Å². The molecule has 0 bridgehead atoms. The first-order valence-electron chi connectivity index (χ1n) is 5.74. The van der Waals surface area contributed by atoms with E-state index >= 15 is 0 Å². The van der Waals surface area contributed by atoms with Crippen LogP contribution in [-0.2, 0) is 6.54 Å². The Bertz CT molecular complexity index is 596. The molecule has 0 aliphatic carbocycles. The summed E-state index contributed by atoms with van der Waals surface area (Å²) in [6.45, 7) is 1.01. The predicted molar refractivity (Wildman–Crippen MR) is 77.6 cm³/mol. The van der Waals surface area contributed by atoms with Crippen molar-refractivity contribution in [2.45, 2.75) is 24.6 Å². The fourth-order valence-corrected chi connectivity index (χ4v) is 4.02. The summed E-state index contributed by atoms with van der Waals surface area (Å²) < 4.78 is 3.00. The monoisotopic (exact) mass is 284 g/mol. The maximum Gasteiger partial charge on any atom is 0.178 e. The summed E-state index contributed by atoms with van der Waals surface area (Å²) in [5.41, 5.74) is 2.19. The number of aromatic amines is 1. The number of imidazole rings is 1. The van der Waals surface area contributed by atoms with Gasteiger partial charge in [0.05, 0.1) is 11.0 Å². The summed E-state index contributed by atoms with van der Waals surface area (Å²) in [5, 5.41) is 1.45. The van der Waals surface area contributed by atoms with Crippen molar-refractivity contribution in [3.63, 3.8) is 0 Å². The largest absolute Gasteiger partial charge is 0.331 e. The highest BCUT2D eigenvalue weighted by Gasteiger charge is 2.17. The highest BCUT2D eigenvalue weighted by atomic mass is 35.5. The van der Waals surface area contributed by atoms with E-state index in [4.69, 9.17) is 23.8 Å². The van der Waals surface area contributed by atoms with E-state index in [1.807, 2.05) is 18.2 Å². The molecule has 1 aromatic carbocycles. The zero-order valence-electron chi connectivity index (χ0n) is 9.28. The van der Waals surface area contributed by atoms with Gasteiger partial charge < -0.3 is 9.55 Å². The molecule has 1 saturated heterocycles. The zero-order valence-corrected chi connectivity index (χ0v) is 11.7. The lowest BCUT2D eigenvalue weighted by molar-refractivity contribution is 0.645. The normalized spacial score (nSPS) is 20.2. The number of hydrogen-bond acceptors (Lipinski definition) is 2. The molecule has 2 aromatic rings. The summed E-state index contributed by atoms with van der Waals surface area (Å²) in [6.07, 6.45) is 2.63. The second-order valence-corrected chi connectivity index (χ2v) is 6.57. The molecule has 90 valence electrons. The second-order valence-electron chi connectivity index (χ2n) is 4.34. The van der Waals surface area contributed by atoms with Gasteiger partial charge in [0, 0.05) is 16.8 Å². The summed E-state index contributed by atoms with van der Waals surface area (Å²) in [4.78, 5) is 3.23. The lowest BCUT2D eigenvalue weighted by atomic mass is 10.2. The Labute approximate surface area is 114 Å². The molecule has 17 heavy (non-hydrogen) atoms. The van der Waals surface area contributed by atoms with Gasteiger partial charge in [0.15, 0.2) is 4.77 Å². The minimum Gasteiger partial charge on any atom is -0.331 e. The number of hydrogen-bond donors (Lipinski definition) is 1. The van der Waals surface area contributed by atoms with Gasteiger partial charge in [-0.05, 0) is 49.0 Å². The molecule has 0 radical (unpaired) electrons. The number of nitrogens with one attached hydrogen (secondary N) is 1. The molecule has 0 saturated carbocycles. The van der Waals surface area contributed by atoms with E-state index in [0.29, 0.717) is 5.25 Å². The Kier molecular flexibility index (Phi) is 3.19. The highest BCUT2D eigenvalue weighted by molar-refractivity contribution is 8.00. The molecular formula is C12H13ClN2S2. The van der Waals surface area contributed by atoms with Crippen molar-refractivity contribution in [3.05, 3.63) is 28.0 Å². The minimum absolute atomic E-state index is 0.705. The molecule has 0 spiro atoms. The van der Waals surface area contributed by atoms with Crippen molar-refractivity contribution in [1.29, 1.82) is 0 Å². The third-order valence-corrected chi connectivity index (χ3v) is 5.08. The fourth-order valence-electron chi connectivity index (χ4n) is 2.31. The molecule has 1 unspecified atom stereocenters. The number of H-pyrrole nitrogens is 1. The van der Waals surface area contributed by atoms with Crippen LogP contribution in [-0.4, -0.2) is 20.6 Å². The van der Waals surface area contributed by atoms with Gasteiger partial charge in [-0.1, -0.05) is 11.6 Å². The molecule has 5 heteroatoms. The van der Waals surface area contributed by atoms with Gasteiger partial charge in [0.1, 0.15) is 0 Å². The molecule has 0 amide bonds. The van der Waals surface area contributed by atoms with Gasteiger partial charge in [-0.15, -0.1) is 0 Å². The number of thioether (sulfide) groups is 1. The number of fused-ring (bicyclic) bond motifs is 1. The number of halogens is 1. The van der Waals surface area contributed by atoms with Gasteiger partial charge in [-0.25, -0.2) is 0 Å². The lowest BCUT2D eigenvalue weighted by Crippen LogP contribution is -2.09. The molecule has 1 aromatic heterocycles. The standard InChI is InChI=1S/C12H13ClN2S2/c13-8-3-4-11-10(6-8)14-12(16)15(11)7-9-2-1-5-17-9/h3-4,6,9H,1-2,5,7H2,(H,14,16). The topological polar surface area (TPSA) is 20.7 Å². The van der Waals surface area contributed by atoms with Gasteiger partial charge in [0.2, 0.25) is 0 Å². The Morgan fingerprint density at radius 2 is 2.41 bits per heavy atom. The first kappa shape index (κ1) is 11.6. The molecule has 1 N–H and O–H groups in total. The third kappa shape index (κ3) is 2.26. The van der Waals surface area contributed by atoms with Crippen LogP contribution in [0.25, 0.3) is 11.0 Å². The SMILES string of the molecule is S=c1[nH]c2cc(Cl)ccc2n1CC1CCCS1. The predicted octanol–water partition coefficient (Wildman–Crippen LogP) is 4.25. The number of nitrogens with zero attached hydrogens (tertiary/aromatic N) is 1. The summed E-state index contributed by atoms with van der Waals surface area (Å²) in [5.74, 6) is 1.28. The summed E-state index contributed by atoms with van der Waals surface area (Å²) >= 11 is 13.4. The van der Waals surface area contributed by atoms with Crippen LogP contribution in [0.5, 0.6) is 0 Å². The molecule has 1 atom stereocenters. The van der Waals surface area contributed by atoms with Crippen molar-refractivity contribution >= 4 is 46.6 Å². The average molecular weight is 285 g/mol. The van der Waals surface area contributed by atoms with E-state index in [1.165, 1.54) is 18.6 Å². The first-order chi connectivity index (χ1) is 8.24. The zero-order chi connectivity index (χ0) is 11.8. The average Bonchev–Trinajstić information content (AvgIpc) is 2.88. The van der Waals surface area contributed by atoms with E-state index < -0.39 is 0 Å². The Hall–Kier alpha value is -0.450. The fraction of sp³-hybridized carbons (Fsp3) is 0.417. The molecule has 1 aliphatic rings. The van der Waals surface area contributed by atoms with Crippen LogP contribution < -0.4 is 0 Å². The minimum atomic E-state index is 0.705. The van der Waals surface area contributed by atoms with Crippen molar-refractivity contribution in [3.8, 4) is 0 Å².